The highest BCUT2D eigenvalue weighted by atomic mass is 35.5. The maximum absolute atomic E-state index is 11.1. The lowest BCUT2D eigenvalue weighted by molar-refractivity contribution is 0.0697. The number of nitrogens with zero attached hydrogens (tertiary/aromatic N) is 1. The maximum atomic E-state index is 11.1. The molecule has 0 aliphatic rings. The fourth-order valence-electron chi connectivity index (χ4n) is 1.90. The van der Waals surface area contributed by atoms with Crippen LogP contribution in [0.1, 0.15) is 36.2 Å². The number of benzene rings is 2. The van der Waals surface area contributed by atoms with Gasteiger partial charge >= 0.3 is 5.97 Å². The van der Waals surface area contributed by atoms with Crippen LogP contribution in [0.4, 0.5) is 5.69 Å². The van der Waals surface area contributed by atoms with Crippen molar-refractivity contribution in [3.05, 3.63) is 57.6 Å². The second kappa shape index (κ2) is 8.18. The summed E-state index contributed by atoms with van der Waals surface area (Å²) in [6.07, 6.45) is 2.58. The first-order chi connectivity index (χ1) is 11.4. The Bertz CT molecular complexity index is 775. The minimum atomic E-state index is -1.09. The molecule has 2 aromatic carbocycles. The van der Waals surface area contributed by atoms with Crippen LogP contribution in [-0.2, 0) is 0 Å². The summed E-state index contributed by atoms with van der Waals surface area (Å²) in [5.74, 6) is -0.463. The van der Waals surface area contributed by atoms with Gasteiger partial charge < -0.3 is 9.84 Å². The van der Waals surface area contributed by atoms with Gasteiger partial charge in [-0.2, -0.15) is 0 Å². The molecule has 0 unspecified atom stereocenters. The van der Waals surface area contributed by atoms with Crippen LogP contribution in [0, 0.1) is 0 Å². The van der Waals surface area contributed by atoms with Gasteiger partial charge in [-0.1, -0.05) is 30.1 Å². The summed E-state index contributed by atoms with van der Waals surface area (Å²) in [4.78, 5) is 15.3. The fourth-order valence-corrected chi connectivity index (χ4v) is 2.33. The normalized spacial score (nSPS) is 12.3. The molecule has 126 valence electrons. The maximum Gasteiger partial charge on any atom is 0.337 e. The summed E-state index contributed by atoms with van der Waals surface area (Å²) in [5.41, 5.74) is 1.29. The topological polar surface area (TPSA) is 58.9 Å². The van der Waals surface area contributed by atoms with E-state index in [1.165, 1.54) is 12.1 Å². The number of carbonyl (C=O) groups is 1. The zero-order valence-corrected chi connectivity index (χ0v) is 14.8. The summed E-state index contributed by atoms with van der Waals surface area (Å²) in [5, 5.41) is 9.75. The highest BCUT2D eigenvalue weighted by Gasteiger charge is 2.09. The van der Waals surface area contributed by atoms with Crippen LogP contribution in [0.2, 0.25) is 10.0 Å². The number of ether oxygens (including phenoxy) is 1. The van der Waals surface area contributed by atoms with Crippen LogP contribution >= 0.6 is 23.2 Å². The lowest BCUT2D eigenvalue weighted by Crippen LogP contribution is -2.09. The van der Waals surface area contributed by atoms with E-state index in [0.29, 0.717) is 16.5 Å². The number of halogens is 2. The predicted octanol–water partition coefficient (Wildman–Crippen LogP) is 5.62. The predicted molar refractivity (Wildman–Crippen MR) is 97.5 cm³/mol. The van der Waals surface area contributed by atoms with Gasteiger partial charge in [0.2, 0.25) is 0 Å². The Hall–Kier alpha value is -2.04. The Labute approximate surface area is 150 Å². The molecule has 1 N–H and O–H groups in total. The molecule has 0 bridgehead atoms. The lowest BCUT2D eigenvalue weighted by Gasteiger charge is -2.13. The largest absolute Gasteiger partial charge is 0.489 e. The quantitative estimate of drug-likeness (QED) is 0.675. The van der Waals surface area contributed by atoms with Gasteiger partial charge in [-0.25, -0.2) is 4.79 Å². The molecule has 6 heteroatoms. The summed E-state index contributed by atoms with van der Waals surface area (Å²) in [6.45, 7) is 4.02. The number of hydrogen-bond acceptors (Lipinski definition) is 3. The summed E-state index contributed by atoms with van der Waals surface area (Å²) in [7, 11) is 0. The molecule has 0 spiro atoms. The van der Waals surface area contributed by atoms with Gasteiger partial charge in [0, 0.05) is 6.21 Å². The van der Waals surface area contributed by atoms with E-state index in [0.717, 1.165) is 12.0 Å². The molecule has 2 rings (SSSR count). The molecule has 0 saturated heterocycles. The summed E-state index contributed by atoms with van der Waals surface area (Å²) < 4.78 is 5.71. The number of aliphatic imine (C=N–C) groups is 1. The number of carboxylic acids is 1. The van der Waals surface area contributed by atoms with Gasteiger partial charge in [0.1, 0.15) is 5.75 Å². The van der Waals surface area contributed by atoms with Crippen LogP contribution in [0.3, 0.4) is 0 Å². The Morgan fingerprint density at radius 3 is 2.62 bits per heavy atom. The molecular weight excluding hydrogens is 349 g/mol. The Balaban J connectivity index is 2.19. The second-order valence-electron chi connectivity index (χ2n) is 5.25. The van der Waals surface area contributed by atoms with Crippen molar-refractivity contribution in [2.24, 2.45) is 4.99 Å². The Kier molecular flexibility index (Phi) is 6.23. The first-order valence-corrected chi connectivity index (χ1v) is 8.19. The van der Waals surface area contributed by atoms with Crippen LogP contribution in [-0.4, -0.2) is 23.4 Å². The molecular formula is C18H17Cl2NO3. The molecule has 2 aromatic rings. The molecule has 0 heterocycles. The monoisotopic (exact) mass is 365 g/mol. The van der Waals surface area contributed by atoms with Crippen molar-refractivity contribution in [1.29, 1.82) is 0 Å². The number of rotatable bonds is 6. The third-order valence-corrected chi connectivity index (χ3v) is 4.03. The zero-order chi connectivity index (χ0) is 17.7. The van der Waals surface area contributed by atoms with E-state index < -0.39 is 5.97 Å². The SMILES string of the molecule is CC[C@@H](C)Oc1ccc(C=Nc2ccc(Cl)c(C(=O)O)c2)cc1Cl. The van der Waals surface area contributed by atoms with Crippen molar-refractivity contribution in [1.82, 2.24) is 0 Å². The molecule has 0 aliphatic carbocycles. The van der Waals surface area contributed by atoms with Crippen molar-refractivity contribution in [2.45, 2.75) is 26.4 Å². The smallest absolute Gasteiger partial charge is 0.337 e. The zero-order valence-electron chi connectivity index (χ0n) is 13.3. The average Bonchev–Trinajstić information content (AvgIpc) is 2.55. The Morgan fingerprint density at radius 2 is 2.00 bits per heavy atom. The first kappa shape index (κ1) is 18.3. The van der Waals surface area contributed by atoms with Crippen molar-refractivity contribution < 1.29 is 14.6 Å². The van der Waals surface area contributed by atoms with Crippen molar-refractivity contribution >= 4 is 41.1 Å². The Morgan fingerprint density at radius 1 is 1.25 bits per heavy atom. The lowest BCUT2D eigenvalue weighted by atomic mass is 10.2. The van der Waals surface area contributed by atoms with Crippen LogP contribution in [0.15, 0.2) is 41.4 Å². The minimum absolute atomic E-state index is 0.0154. The van der Waals surface area contributed by atoms with Gasteiger partial charge in [0.25, 0.3) is 0 Å². The summed E-state index contributed by atoms with van der Waals surface area (Å²) >= 11 is 12.1. The van der Waals surface area contributed by atoms with Gasteiger partial charge in [-0.05, 0) is 55.3 Å². The van der Waals surface area contributed by atoms with Crippen LogP contribution in [0.25, 0.3) is 0 Å². The molecule has 4 nitrogen and oxygen atoms in total. The fraction of sp³-hybridized carbons (Fsp3) is 0.222. The highest BCUT2D eigenvalue weighted by Crippen LogP contribution is 2.27. The molecule has 0 saturated carbocycles. The van der Waals surface area contributed by atoms with Crippen LogP contribution in [0.5, 0.6) is 5.75 Å². The van der Waals surface area contributed by atoms with E-state index in [2.05, 4.69) is 4.99 Å². The summed E-state index contributed by atoms with van der Waals surface area (Å²) in [6, 6.07) is 9.95. The molecule has 0 radical (unpaired) electrons. The van der Waals surface area contributed by atoms with Gasteiger partial charge in [-0.3, -0.25) is 4.99 Å². The van der Waals surface area contributed by atoms with E-state index in [1.54, 1.807) is 24.4 Å². The molecule has 0 aromatic heterocycles. The highest BCUT2D eigenvalue weighted by molar-refractivity contribution is 6.33. The first-order valence-electron chi connectivity index (χ1n) is 7.43. The number of aromatic carboxylic acids is 1. The number of hydrogen-bond donors (Lipinski definition) is 1. The van der Waals surface area contributed by atoms with Crippen molar-refractivity contribution in [2.75, 3.05) is 0 Å². The standard InChI is InChI=1S/C18H17Cl2NO3/c1-3-11(2)24-17-7-4-12(8-16(17)20)10-21-13-5-6-15(19)14(9-13)18(22)23/h4-11H,3H2,1-2H3,(H,22,23)/t11-/m1/s1. The molecule has 1 atom stereocenters. The minimum Gasteiger partial charge on any atom is -0.489 e. The third kappa shape index (κ3) is 4.73. The van der Waals surface area contributed by atoms with E-state index in [-0.39, 0.29) is 16.7 Å². The molecule has 24 heavy (non-hydrogen) atoms. The second-order valence-corrected chi connectivity index (χ2v) is 6.07. The number of carboxylic acid groups (broad SMARTS) is 1. The van der Waals surface area contributed by atoms with Crippen molar-refractivity contribution in [3.8, 4) is 5.75 Å². The van der Waals surface area contributed by atoms with Crippen LogP contribution < -0.4 is 4.74 Å². The van der Waals surface area contributed by atoms with Crippen molar-refractivity contribution in [3.63, 3.8) is 0 Å². The van der Waals surface area contributed by atoms with E-state index >= 15 is 0 Å². The average molecular weight is 366 g/mol. The van der Waals surface area contributed by atoms with Gasteiger partial charge in [0.05, 0.1) is 27.4 Å². The third-order valence-electron chi connectivity index (χ3n) is 3.40. The molecule has 0 fully saturated rings. The van der Waals surface area contributed by atoms with E-state index in [9.17, 15) is 4.79 Å². The van der Waals surface area contributed by atoms with Gasteiger partial charge in [0.15, 0.2) is 0 Å². The van der Waals surface area contributed by atoms with E-state index in [1.807, 2.05) is 19.9 Å². The molecule has 0 amide bonds. The van der Waals surface area contributed by atoms with Gasteiger partial charge in [-0.15, -0.1) is 0 Å². The molecule has 0 aliphatic heterocycles. The van der Waals surface area contributed by atoms with E-state index in [4.69, 9.17) is 33.0 Å².